The Hall–Kier alpha value is -3.53. The summed E-state index contributed by atoms with van der Waals surface area (Å²) in [4.78, 5) is 58.3. The molecule has 0 saturated heterocycles. The molecule has 0 bridgehead atoms. The number of phosphoric acid groups is 2. The van der Waals surface area contributed by atoms with Gasteiger partial charge in [-0.3, -0.25) is 32.5 Å². The molecule has 0 spiro atoms. The summed E-state index contributed by atoms with van der Waals surface area (Å²) in [7, 11) is -9.77. The van der Waals surface area contributed by atoms with E-state index in [-0.39, 0.29) is 19.3 Å². The first-order valence-electron chi connectivity index (χ1n) is 34.5. The zero-order chi connectivity index (χ0) is 65.3. The molecule has 0 radical (unpaired) electrons. The second kappa shape index (κ2) is 64.6. The zero-order valence-electron chi connectivity index (χ0n) is 55.6. The number of allylic oxidation sites excluding steroid dienone is 16. The average Bonchev–Trinajstić information content (AvgIpc) is 3.55. The average molecular weight is 1300 g/mol. The van der Waals surface area contributed by atoms with E-state index in [1.807, 2.05) is 0 Å². The van der Waals surface area contributed by atoms with Crippen LogP contribution in [0.4, 0.5) is 0 Å². The summed E-state index contributed by atoms with van der Waals surface area (Å²) in [5.41, 5.74) is 0. The molecule has 89 heavy (non-hydrogen) atoms. The number of carbonyl (C=O) groups excluding carboxylic acids is 3. The van der Waals surface area contributed by atoms with Crippen LogP contribution in [-0.4, -0.2) is 95.9 Å². The van der Waals surface area contributed by atoms with Gasteiger partial charge in [0, 0.05) is 19.3 Å². The highest BCUT2D eigenvalue weighted by atomic mass is 31.2. The van der Waals surface area contributed by atoms with Gasteiger partial charge in [-0.2, -0.15) is 0 Å². The van der Waals surface area contributed by atoms with Crippen molar-refractivity contribution in [3.63, 3.8) is 0 Å². The van der Waals surface area contributed by atoms with Gasteiger partial charge >= 0.3 is 33.6 Å². The Labute approximate surface area is 539 Å². The quantitative estimate of drug-likeness (QED) is 0.0146. The van der Waals surface area contributed by atoms with E-state index in [0.717, 1.165) is 148 Å². The van der Waals surface area contributed by atoms with E-state index in [4.69, 9.17) is 32.3 Å². The van der Waals surface area contributed by atoms with Crippen molar-refractivity contribution in [2.75, 3.05) is 39.6 Å². The molecular weight excluding hydrogens is 1170 g/mol. The number of phosphoric ester groups is 2. The topological polar surface area (TPSA) is 231 Å². The number of aliphatic hydroxyl groups is 2. The van der Waals surface area contributed by atoms with Gasteiger partial charge in [0.2, 0.25) is 0 Å². The van der Waals surface area contributed by atoms with Crippen LogP contribution in [0, 0.1) is 0 Å². The van der Waals surface area contributed by atoms with Crippen molar-refractivity contribution in [3.8, 4) is 0 Å². The van der Waals surface area contributed by atoms with Crippen molar-refractivity contribution < 1.29 is 75.8 Å². The number of rotatable bonds is 65. The summed E-state index contributed by atoms with van der Waals surface area (Å²) in [6, 6.07) is 0. The van der Waals surface area contributed by atoms with Gasteiger partial charge in [0.15, 0.2) is 6.10 Å². The molecule has 0 aliphatic rings. The highest BCUT2D eigenvalue weighted by molar-refractivity contribution is 7.47. The van der Waals surface area contributed by atoms with Crippen LogP contribution in [0.5, 0.6) is 0 Å². The molecule has 0 rings (SSSR count). The third-order valence-electron chi connectivity index (χ3n) is 14.2. The molecule has 0 saturated carbocycles. The lowest BCUT2D eigenvalue weighted by molar-refractivity contribution is -0.161. The first-order chi connectivity index (χ1) is 43.2. The van der Waals surface area contributed by atoms with Crippen LogP contribution in [0.25, 0.3) is 0 Å². The van der Waals surface area contributed by atoms with Crippen LogP contribution in [0.2, 0.25) is 0 Å². The molecule has 0 aromatic rings. The summed E-state index contributed by atoms with van der Waals surface area (Å²) in [5.74, 6) is -1.60. The Bertz CT molecular complexity index is 2010. The zero-order valence-corrected chi connectivity index (χ0v) is 57.4. The standard InChI is InChI=1S/C71H124O16P2/c1-4-7-10-13-16-19-22-25-26-27-28-29-30-31-32-33-34-35-36-37-38-41-43-45-48-51-54-57-69(74)81-60-66(72)61-83-88(77,78)84-62-67(73)63-85-89(79,80)86-65-68(87-71(76)59-56-53-50-47-44-40-24-21-18-15-12-9-6-3)64-82-70(75)58-55-52-49-46-42-39-23-20-17-14-11-8-5-2/h7,10-11,14,16,19-21,23-26,28-29,31-32,66-68,72-73H,4-6,8-9,12-13,15,17-18,22,27,30,33-65H2,1-3H3,(H,77,78)(H,79,80)/b10-7-,14-11-,19-16-,23-20-,24-21-,26-25-,29-28-,32-31-. The number of ether oxygens (including phenoxy) is 3. The molecule has 0 heterocycles. The normalized spacial score (nSPS) is 14.8. The highest BCUT2D eigenvalue weighted by Gasteiger charge is 2.29. The third kappa shape index (κ3) is 65.8. The van der Waals surface area contributed by atoms with Crippen molar-refractivity contribution in [2.45, 2.75) is 296 Å². The van der Waals surface area contributed by atoms with E-state index < -0.39 is 91.5 Å². The van der Waals surface area contributed by atoms with Crippen LogP contribution >= 0.6 is 15.6 Å². The largest absolute Gasteiger partial charge is 0.472 e. The summed E-state index contributed by atoms with van der Waals surface area (Å²) in [5, 5.41) is 20.5. The molecule has 0 aliphatic carbocycles. The Morgan fingerprint density at radius 3 is 1.00 bits per heavy atom. The molecule has 0 amide bonds. The van der Waals surface area contributed by atoms with E-state index in [1.54, 1.807) is 0 Å². The van der Waals surface area contributed by atoms with Gasteiger partial charge in [-0.05, 0) is 116 Å². The third-order valence-corrected chi connectivity index (χ3v) is 16.1. The fourth-order valence-corrected chi connectivity index (χ4v) is 10.6. The fourth-order valence-electron chi connectivity index (χ4n) is 8.98. The summed E-state index contributed by atoms with van der Waals surface area (Å²) < 4.78 is 60.8. The van der Waals surface area contributed by atoms with Crippen molar-refractivity contribution in [3.05, 3.63) is 97.2 Å². The maximum absolute atomic E-state index is 12.9. The highest BCUT2D eigenvalue weighted by Crippen LogP contribution is 2.45. The summed E-state index contributed by atoms with van der Waals surface area (Å²) in [6.07, 6.45) is 70.4. The van der Waals surface area contributed by atoms with Crippen molar-refractivity contribution >= 4 is 33.6 Å². The Balaban J connectivity index is 4.47. The molecule has 0 aliphatic heterocycles. The molecular formula is C71H124O16P2. The number of carbonyl (C=O) groups is 3. The van der Waals surface area contributed by atoms with Crippen LogP contribution < -0.4 is 0 Å². The van der Waals surface area contributed by atoms with E-state index in [2.05, 4.69) is 118 Å². The molecule has 0 aromatic carbocycles. The molecule has 5 unspecified atom stereocenters. The fraction of sp³-hybridized carbons (Fsp3) is 0.732. The number of hydrogen-bond donors (Lipinski definition) is 4. The van der Waals surface area contributed by atoms with Gasteiger partial charge in [-0.15, -0.1) is 0 Å². The lowest BCUT2D eigenvalue weighted by atomic mass is 10.0. The maximum Gasteiger partial charge on any atom is 0.472 e. The van der Waals surface area contributed by atoms with Crippen LogP contribution in [0.15, 0.2) is 97.2 Å². The van der Waals surface area contributed by atoms with Gasteiger partial charge in [0.25, 0.3) is 0 Å². The molecule has 0 aromatic heterocycles. The SMILES string of the molecule is CC/C=C\C/C=C\C/C=C\C/C=C\C/C=C\CCCCCCCCCCCCCC(=O)OCC(O)COP(=O)(O)OCC(O)COP(=O)(O)OCC(COC(=O)CCCCCCC/C=C\C/C=C\CCC)OC(=O)CCCCCCC/C=C\CCCCCC. The number of esters is 3. The molecule has 18 heteroatoms. The first kappa shape index (κ1) is 85.5. The minimum Gasteiger partial charge on any atom is -0.463 e. The first-order valence-corrected chi connectivity index (χ1v) is 37.5. The smallest absolute Gasteiger partial charge is 0.463 e. The molecule has 514 valence electrons. The summed E-state index contributed by atoms with van der Waals surface area (Å²) in [6.45, 7) is 2.44. The van der Waals surface area contributed by atoms with E-state index >= 15 is 0 Å². The number of unbranched alkanes of at least 4 members (excludes halogenated alkanes) is 26. The summed E-state index contributed by atoms with van der Waals surface area (Å²) >= 11 is 0. The monoisotopic (exact) mass is 1290 g/mol. The maximum atomic E-state index is 12.9. The number of hydrogen-bond acceptors (Lipinski definition) is 14. The Kier molecular flexibility index (Phi) is 62.0. The van der Waals surface area contributed by atoms with Gasteiger partial charge in [0.05, 0.1) is 26.4 Å². The van der Waals surface area contributed by atoms with Gasteiger partial charge in [0.1, 0.15) is 25.4 Å². The molecule has 16 nitrogen and oxygen atoms in total. The minimum atomic E-state index is -4.92. The van der Waals surface area contributed by atoms with Crippen molar-refractivity contribution in [1.82, 2.24) is 0 Å². The molecule has 5 atom stereocenters. The van der Waals surface area contributed by atoms with E-state index in [9.17, 15) is 43.5 Å². The van der Waals surface area contributed by atoms with Crippen LogP contribution in [0.3, 0.4) is 0 Å². The van der Waals surface area contributed by atoms with Crippen LogP contribution in [-0.2, 0) is 55.8 Å². The predicted molar refractivity (Wildman–Crippen MR) is 362 cm³/mol. The second-order valence-corrected chi connectivity index (χ2v) is 25.8. The van der Waals surface area contributed by atoms with Gasteiger partial charge < -0.3 is 34.2 Å². The second-order valence-electron chi connectivity index (χ2n) is 22.9. The molecule has 4 N–H and O–H groups in total. The predicted octanol–water partition coefficient (Wildman–Crippen LogP) is 19.1. The number of aliphatic hydroxyl groups excluding tert-OH is 2. The van der Waals surface area contributed by atoms with E-state index in [0.29, 0.717) is 19.3 Å². The Morgan fingerprint density at radius 1 is 0.326 bits per heavy atom. The Morgan fingerprint density at radius 2 is 0.618 bits per heavy atom. The van der Waals surface area contributed by atoms with Crippen LogP contribution in [0.1, 0.15) is 278 Å². The minimum absolute atomic E-state index is 0.0919. The lowest BCUT2D eigenvalue weighted by Crippen LogP contribution is -2.30. The van der Waals surface area contributed by atoms with Gasteiger partial charge in [-0.25, -0.2) is 9.13 Å². The van der Waals surface area contributed by atoms with E-state index in [1.165, 1.54) is 70.6 Å². The van der Waals surface area contributed by atoms with Crippen molar-refractivity contribution in [2.24, 2.45) is 0 Å². The lowest BCUT2D eigenvalue weighted by Gasteiger charge is -2.21. The van der Waals surface area contributed by atoms with Crippen molar-refractivity contribution in [1.29, 1.82) is 0 Å². The van der Waals surface area contributed by atoms with Gasteiger partial charge in [-0.1, -0.05) is 240 Å². The molecule has 0 fully saturated rings.